The Balaban J connectivity index is 1.57. The number of nitrogens with zero attached hydrogens (tertiary/aromatic N) is 2. The first-order valence-electron chi connectivity index (χ1n) is 9.49. The molecule has 1 N–H and O–H groups in total. The molecular weight excluding hydrogens is 365 g/mol. The van der Waals surface area contributed by atoms with Gasteiger partial charge < -0.3 is 5.32 Å². The van der Waals surface area contributed by atoms with Gasteiger partial charge in [0, 0.05) is 35.4 Å². The molecule has 0 bridgehead atoms. The lowest BCUT2D eigenvalue weighted by Crippen LogP contribution is -2.37. The van der Waals surface area contributed by atoms with Gasteiger partial charge in [-0.25, -0.2) is 4.39 Å². The summed E-state index contributed by atoms with van der Waals surface area (Å²) in [7, 11) is 0. The van der Waals surface area contributed by atoms with Crippen LogP contribution in [0.4, 0.5) is 4.39 Å². The predicted octanol–water partition coefficient (Wildman–Crippen LogP) is 4.15. The Hall–Kier alpha value is -1.98. The summed E-state index contributed by atoms with van der Waals surface area (Å²) in [6, 6.07) is 10.3. The second kappa shape index (κ2) is 9.81. The molecule has 1 aromatic carbocycles. The third kappa shape index (κ3) is 5.50. The van der Waals surface area contributed by atoms with E-state index >= 15 is 0 Å². The van der Waals surface area contributed by atoms with Gasteiger partial charge in [-0.2, -0.15) is 0 Å². The highest BCUT2D eigenvalue weighted by Crippen LogP contribution is 2.31. The Labute approximate surface area is 164 Å². The van der Waals surface area contributed by atoms with Crippen LogP contribution in [0.1, 0.15) is 43.0 Å². The van der Waals surface area contributed by atoms with Crippen LogP contribution in [0, 0.1) is 5.82 Å². The van der Waals surface area contributed by atoms with Gasteiger partial charge in [0.15, 0.2) is 0 Å². The Morgan fingerprint density at radius 1 is 1.22 bits per heavy atom. The van der Waals surface area contributed by atoms with Crippen molar-refractivity contribution >= 4 is 17.5 Å². The molecular formula is C21H25ClFN3O. The first-order chi connectivity index (χ1) is 13.1. The highest BCUT2D eigenvalue weighted by molar-refractivity contribution is 6.31. The van der Waals surface area contributed by atoms with E-state index in [1.54, 1.807) is 18.3 Å². The number of hydrogen-bond acceptors (Lipinski definition) is 3. The van der Waals surface area contributed by atoms with Crippen LogP contribution in [0.2, 0.25) is 5.02 Å². The molecule has 1 fully saturated rings. The Bertz CT molecular complexity index is 730. The molecule has 4 nitrogen and oxygen atoms in total. The highest BCUT2D eigenvalue weighted by Gasteiger charge is 2.28. The largest absolute Gasteiger partial charge is 0.354 e. The van der Waals surface area contributed by atoms with Crippen LogP contribution < -0.4 is 5.32 Å². The van der Waals surface area contributed by atoms with E-state index in [4.69, 9.17) is 11.6 Å². The fourth-order valence-corrected chi connectivity index (χ4v) is 3.86. The average Bonchev–Trinajstić information content (AvgIpc) is 3.19. The minimum absolute atomic E-state index is 0.0254. The topological polar surface area (TPSA) is 45.2 Å². The zero-order valence-corrected chi connectivity index (χ0v) is 16.1. The van der Waals surface area contributed by atoms with Crippen molar-refractivity contribution in [3.05, 3.63) is 64.7 Å². The molecule has 1 saturated heterocycles. The van der Waals surface area contributed by atoms with Crippen molar-refractivity contribution in [3.8, 4) is 0 Å². The van der Waals surface area contributed by atoms with Crippen LogP contribution in [0.15, 0.2) is 42.6 Å². The third-order valence-corrected chi connectivity index (χ3v) is 5.30. The summed E-state index contributed by atoms with van der Waals surface area (Å²) in [6.45, 7) is 2.15. The molecule has 2 aromatic rings. The summed E-state index contributed by atoms with van der Waals surface area (Å²) in [4.78, 5) is 18.8. The average molecular weight is 390 g/mol. The molecule has 3 rings (SSSR count). The number of carbonyl (C=O) groups is 1. The van der Waals surface area contributed by atoms with Gasteiger partial charge in [0.25, 0.3) is 0 Å². The van der Waals surface area contributed by atoms with Gasteiger partial charge in [-0.1, -0.05) is 23.7 Å². The first-order valence-corrected chi connectivity index (χ1v) is 9.87. The zero-order chi connectivity index (χ0) is 19.1. The van der Waals surface area contributed by atoms with E-state index in [1.807, 2.05) is 18.2 Å². The summed E-state index contributed by atoms with van der Waals surface area (Å²) in [5, 5.41) is 3.39. The highest BCUT2D eigenvalue weighted by atomic mass is 35.5. The Kier molecular flexibility index (Phi) is 7.18. The van der Waals surface area contributed by atoms with Crippen molar-refractivity contribution in [1.29, 1.82) is 0 Å². The number of aromatic nitrogens is 1. The van der Waals surface area contributed by atoms with Crippen molar-refractivity contribution < 1.29 is 9.18 Å². The lowest BCUT2D eigenvalue weighted by Gasteiger charge is -2.29. The molecule has 0 saturated carbocycles. The molecule has 1 aliphatic rings. The van der Waals surface area contributed by atoms with Crippen LogP contribution in [-0.4, -0.2) is 35.4 Å². The lowest BCUT2D eigenvalue weighted by molar-refractivity contribution is -0.121. The minimum Gasteiger partial charge on any atom is -0.354 e. The molecule has 1 unspecified atom stereocenters. The van der Waals surface area contributed by atoms with Crippen molar-refractivity contribution in [3.63, 3.8) is 0 Å². The summed E-state index contributed by atoms with van der Waals surface area (Å²) in [5.41, 5.74) is 1.47. The molecule has 0 spiro atoms. The van der Waals surface area contributed by atoms with Crippen LogP contribution in [0.5, 0.6) is 0 Å². The monoisotopic (exact) mass is 389 g/mol. The van der Waals surface area contributed by atoms with E-state index in [9.17, 15) is 9.18 Å². The maximum Gasteiger partial charge on any atom is 0.220 e. The van der Waals surface area contributed by atoms with Crippen molar-refractivity contribution in [1.82, 2.24) is 15.2 Å². The molecule has 1 amide bonds. The SMILES string of the molecule is O=C(CCCc1ccccn1)NCC(c1c(F)cccc1Cl)N1CCCC1. The molecule has 1 atom stereocenters. The van der Waals surface area contributed by atoms with E-state index in [2.05, 4.69) is 15.2 Å². The number of halogens is 2. The minimum atomic E-state index is -0.316. The number of carbonyl (C=O) groups excluding carboxylic acids is 1. The number of benzene rings is 1. The number of hydrogen-bond donors (Lipinski definition) is 1. The van der Waals surface area contributed by atoms with E-state index < -0.39 is 0 Å². The molecule has 27 heavy (non-hydrogen) atoms. The number of pyridine rings is 1. The molecule has 0 aliphatic carbocycles. The molecule has 6 heteroatoms. The smallest absolute Gasteiger partial charge is 0.220 e. The van der Waals surface area contributed by atoms with E-state index in [-0.39, 0.29) is 17.8 Å². The van der Waals surface area contributed by atoms with Gasteiger partial charge in [0.05, 0.1) is 6.04 Å². The predicted molar refractivity (Wildman–Crippen MR) is 105 cm³/mol. The molecule has 1 aliphatic heterocycles. The van der Waals surface area contributed by atoms with Crippen molar-refractivity contribution in [2.24, 2.45) is 0 Å². The fourth-order valence-electron chi connectivity index (χ4n) is 3.57. The maximum atomic E-state index is 14.4. The summed E-state index contributed by atoms with van der Waals surface area (Å²) < 4.78 is 14.4. The zero-order valence-electron chi connectivity index (χ0n) is 15.3. The van der Waals surface area contributed by atoms with E-state index in [1.165, 1.54) is 6.07 Å². The van der Waals surface area contributed by atoms with Crippen LogP contribution >= 0.6 is 11.6 Å². The molecule has 1 aromatic heterocycles. The summed E-state index contributed by atoms with van der Waals surface area (Å²) in [5.74, 6) is -0.341. The number of likely N-dealkylation sites (tertiary alicyclic amines) is 1. The number of rotatable bonds is 8. The standard InChI is InChI=1S/C21H25ClFN3O/c22-17-9-6-10-18(23)21(17)19(26-13-3-4-14-26)15-25-20(27)11-5-8-16-7-1-2-12-24-16/h1-2,6-7,9-10,12,19H,3-5,8,11,13-15H2,(H,25,27). The Morgan fingerprint density at radius 2 is 2.04 bits per heavy atom. The van der Waals surface area contributed by atoms with E-state index in [0.29, 0.717) is 23.6 Å². The normalized spacial score (nSPS) is 15.6. The molecule has 144 valence electrons. The van der Waals surface area contributed by atoms with Crippen molar-refractivity contribution in [2.75, 3.05) is 19.6 Å². The van der Waals surface area contributed by atoms with Crippen LogP contribution in [0.25, 0.3) is 0 Å². The van der Waals surface area contributed by atoms with Gasteiger partial charge in [-0.15, -0.1) is 0 Å². The van der Waals surface area contributed by atoms with Gasteiger partial charge in [-0.05, 0) is 63.0 Å². The first kappa shape index (κ1) is 19.8. The van der Waals surface area contributed by atoms with E-state index in [0.717, 1.165) is 44.5 Å². The number of aryl methyl sites for hydroxylation is 1. The number of nitrogens with one attached hydrogen (secondary N) is 1. The van der Waals surface area contributed by atoms with Gasteiger partial charge >= 0.3 is 0 Å². The van der Waals surface area contributed by atoms with Crippen molar-refractivity contribution in [2.45, 2.75) is 38.1 Å². The number of amides is 1. The fraction of sp³-hybridized carbons (Fsp3) is 0.429. The summed E-state index contributed by atoms with van der Waals surface area (Å²) >= 11 is 6.28. The van der Waals surface area contributed by atoms with Crippen LogP contribution in [0.3, 0.4) is 0 Å². The lowest BCUT2D eigenvalue weighted by atomic mass is 10.0. The second-order valence-corrected chi connectivity index (χ2v) is 7.28. The van der Waals surface area contributed by atoms with Gasteiger partial charge in [-0.3, -0.25) is 14.7 Å². The van der Waals surface area contributed by atoms with Gasteiger partial charge in [0.2, 0.25) is 5.91 Å². The van der Waals surface area contributed by atoms with Gasteiger partial charge in [0.1, 0.15) is 5.82 Å². The quantitative estimate of drug-likeness (QED) is 0.737. The summed E-state index contributed by atoms with van der Waals surface area (Å²) in [6.07, 6.45) is 5.85. The third-order valence-electron chi connectivity index (χ3n) is 4.97. The second-order valence-electron chi connectivity index (χ2n) is 6.87. The maximum absolute atomic E-state index is 14.4. The molecule has 2 heterocycles. The Morgan fingerprint density at radius 3 is 2.74 bits per heavy atom. The van der Waals surface area contributed by atoms with Crippen LogP contribution in [-0.2, 0) is 11.2 Å². The molecule has 0 radical (unpaired) electrons.